The number of benzene rings is 1. The van der Waals surface area contributed by atoms with Crippen LogP contribution < -0.4 is 5.32 Å². The van der Waals surface area contributed by atoms with Crippen LogP contribution in [-0.4, -0.2) is 12.6 Å². The number of hydrogen-bond acceptors (Lipinski definition) is 1. The van der Waals surface area contributed by atoms with E-state index in [1.807, 2.05) is 0 Å². The van der Waals surface area contributed by atoms with Crippen molar-refractivity contribution in [2.24, 2.45) is 0 Å². The van der Waals surface area contributed by atoms with E-state index in [1.165, 1.54) is 57.1 Å². The zero-order chi connectivity index (χ0) is 14.4. The first-order chi connectivity index (χ1) is 9.78. The van der Waals surface area contributed by atoms with E-state index in [2.05, 4.69) is 38.2 Å². The molecular weight excluding hydrogens is 242 g/mol. The Morgan fingerprint density at radius 1 is 0.950 bits per heavy atom. The fourth-order valence-corrected chi connectivity index (χ4v) is 3.05. The molecule has 0 aliphatic heterocycles. The molecule has 0 amide bonds. The summed E-state index contributed by atoms with van der Waals surface area (Å²) < 4.78 is 0. The van der Waals surface area contributed by atoms with Crippen LogP contribution in [0.15, 0.2) is 12.1 Å². The third kappa shape index (κ3) is 4.34. The lowest BCUT2D eigenvalue weighted by molar-refractivity contribution is 0.617. The second kappa shape index (κ2) is 7.83. The Labute approximate surface area is 125 Å². The number of hydrogen-bond donors (Lipinski definition) is 1. The van der Waals surface area contributed by atoms with Gasteiger partial charge in [0.25, 0.3) is 0 Å². The lowest BCUT2D eigenvalue weighted by atomic mass is 9.90. The Balaban J connectivity index is 1.93. The van der Waals surface area contributed by atoms with Crippen molar-refractivity contribution in [3.8, 4) is 0 Å². The van der Waals surface area contributed by atoms with Gasteiger partial charge in [0.05, 0.1) is 0 Å². The quantitative estimate of drug-likeness (QED) is 0.656. The van der Waals surface area contributed by atoms with Crippen molar-refractivity contribution in [3.63, 3.8) is 0 Å². The molecule has 0 atom stereocenters. The molecule has 1 aromatic carbocycles. The summed E-state index contributed by atoms with van der Waals surface area (Å²) in [5.74, 6) is 0. The molecule has 1 aromatic rings. The van der Waals surface area contributed by atoms with Gasteiger partial charge in [0.15, 0.2) is 0 Å². The monoisotopic (exact) mass is 273 g/mol. The molecular formula is C19H31N. The van der Waals surface area contributed by atoms with E-state index in [9.17, 15) is 0 Å². The minimum absolute atomic E-state index is 0.858. The van der Waals surface area contributed by atoms with Crippen LogP contribution in [0.3, 0.4) is 0 Å². The van der Waals surface area contributed by atoms with Crippen LogP contribution in [0.5, 0.6) is 0 Å². The summed E-state index contributed by atoms with van der Waals surface area (Å²) in [6.07, 6.45) is 10.2. The molecule has 2 rings (SSSR count). The van der Waals surface area contributed by atoms with Crippen molar-refractivity contribution in [3.05, 3.63) is 34.4 Å². The Hall–Kier alpha value is -0.820. The topological polar surface area (TPSA) is 12.0 Å². The molecule has 1 nitrogen and oxygen atoms in total. The van der Waals surface area contributed by atoms with Gasteiger partial charge in [-0.3, -0.25) is 0 Å². The van der Waals surface area contributed by atoms with Crippen LogP contribution in [0, 0.1) is 0 Å². The number of aryl methyl sites for hydroxylation is 3. The van der Waals surface area contributed by atoms with E-state index in [0.717, 1.165) is 12.5 Å². The molecule has 20 heavy (non-hydrogen) atoms. The first kappa shape index (κ1) is 15.6. The van der Waals surface area contributed by atoms with Gasteiger partial charge in [-0.25, -0.2) is 0 Å². The molecule has 0 bridgehead atoms. The minimum atomic E-state index is 0.858. The van der Waals surface area contributed by atoms with Crippen molar-refractivity contribution in [1.82, 2.24) is 5.32 Å². The van der Waals surface area contributed by atoms with Crippen LogP contribution in [0.2, 0.25) is 0 Å². The third-order valence-electron chi connectivity index (χ3n) is 4.53. The number of nitrogens with one attached hydrogen (secondary N) is 1. The molecule has 0 unspecified atom stereocenters. The van der Waals surface area contributed by atoms with Gasteiger partial charge in [-0.15, -0.1) is 0 Å². The molecule has 1 saturated carbocycles. The summed E-state index contributed by atoms with van der Waals surface area (Å²) in [5, 5.41) is 3.62. The summed E-state index contributed by atoms with van der Waals surface area (Å²) in [5.41, 5.74) is 6.35. The van der Waals surface area contributed by atoms with Crippen LogP contribution in [0.4, 0.5) is 0 Å². The molecule has 0 spiro atoms. The summed E-state index contributed by atoms with van der Waals surface area (Å²) in [4.78, 5) is 0. The fourth-order valence-electron chi connectivity index (χ4n) is 3.05. The van der Waals surface area contributed by atoms with Crippen molar-refractivity contribution >= 4 is 0 Å². The zero-order valence-electron chi connectivity index (χ0n) is 13.6. The number of unbranched alkanes of at least 4 members (excludes halogenated alkanes) is 1. The van der Waals surface area contributed by atoms with Gasteiger partial charge >= 0.3 is 0 Å². The predicted octanol–water partition coefficient (Wildman–Crippen LogP) is 4.45. The first-order valence-electron chi connectivity index (χ1n) is 8.65. The maximum Gasteiger partial charge on any atom is 0.00682 e. The van der Waals surface area contributed by atoms with E-state index in [-0.39, 0.29) is 0 Å². The smallest absolute Gasteiger partial charge is 0.00682 e. The molecule has 1 fully saturated rings. The maximum absolute atomic E-state index is 3.62. The lowest BCUT2D eigenvalue weighted by Gasteiger charge is -2.15. The Morgan fingerprint density at radius 2 is 1.60 bits per heavy atom. The first-order valence-corrected chi connectivity index (χ1v) is 8.65. The summed E-state index contributed by atoms with van der Waals surface area (Å²) in [6.45, 7) is 8.07. The van der Waals surface area contributed by atoms with Gasteiger partial charge in [0.2, 0.25) is 0 Å². The van der Waals surface area contributed by atoms with E-state index in [1.54, 1.807) is 16.7 Å². The van der Waals surface area contributed by atoms with E-state index in [4.69, 9.17) is 0 Å². The van der Waals surface area contributed by atoms with Gasteiger partial charge in [-0.1, -0.05) is 32.9 Å². The molecule has 1 N–H and O–H groups in total. The standard InChI is InChI=1S/C19H31N/c1-4-15-13-16(5-2)19(17(6-3)14-15)9-7-8-12-20-18-10-11-18/h13-14,18,20H,4-12H2,1-3H3. The molecule has 1 aliphatic rings. The van der Waals surface area contributed by atoms with Crippen molar-refractivity contribution < 1.29 is 0 Å². The third-order valence-corrected chi connectivity index (χ3v) is 4.53. The zero-order valence-corrected chi connectivity index (χ0v) is 13.6. The van der Waals surface area contributed by atoms with Gasteiger partial charge in [0.1, 0.15) is 0 Å². The van der Waals surface area contributed by atoms with Crippen molar-refractivity contribution in [2.75, 3.05) is 6.54 Å². The fraction of sp³-hybridized carbons (Fsp3) is 0.684. The highest BCUT2D eigenvalue weighted by Gasteiger charge is 2.19. The Bertz CT molecular complexity index is 393. The average molecular weight is 273 g/mol. The van der Waals surface area contributed by atoms with Gasteiger partial charge in [-0.2, -0.15) is 0 Å². The molecule has 0 aromatic heterocycles. The minimum Gasteiger partial charge on any atom is -0.314 e. The van der Waals surface area contributed by atoms with Gasteiger partial charge < -0.3 is 5.32 Å². The molecule has 0 radical (unpaired) electrons. The Morgan fingerprint density at radius 3 is 2.10 bits per heavy atom. The number of rotatable bonds is 9. The van der Waals surface area contributed by atoms with E-state index < -0.39 is 0 Å². The maximum atomic E-state index is 3.62. The molecule has 0 saturated heterocycles. The lowest BCUT2D eigenvalue weighted by Crippen LogP contribution is -2.17. The molecule has 0 heterocycles. The largest absolute Gasteiger partial charge is 0.314 e. The molecule has 1 heteroatoms. The highest BCUT2D eigenvalue weighted by atomic mass is 14.9. The molecule has 1 aliphatic carbocycles. The van der Waals surface area contributed by atoms with E-state index in [0.29, 0.717) is 0 Å². The van der Waals surface area contributed by atoms with Gasteiger partial charge in [-0.05, 0) is 80.2 Å². The van der Waals surface area contributed by atoms with Crippen LogP contribution >= 0.6 is 0 Å². The van der Waals surface area contributed by atoms with Crippen LogP contribution in [-0.2, 0) is 25.7 Å². The van der Waals surface area contributed by atoms with Gasteiger partial charge in [0, 0.05) is 6.04 Å². The summed E-state index contributed by atoms with van der Waals surface area (Å²) >= 11 is 0. The van der Waals surface area contributed by atoms with Crippen LogP contribution in [0.25, 0.3) is 0 Å². The highest BCUT2D eigenvalue weighted by Crippen LogP contribution is 2.22. The normalized spacial score (nSPS) is 14.8. The average Bonchev–Trinajstić information content (AvgIpc) is 3.30. The summed E-state index contributed by atoms with van der Waals surface area (Å²) in [7, 11) is 0. The van der Waals surface area contributed by atoms with E-state index >= 15 is 0 Å². The second-order valence-corrected chi connectivity index (χ2v) is 6.14. The van der Waals surface area contributed by atoms with Crippen LogP contribution in [0.1, 0.15) is 68.7 Å². The summed E-state index contributed by atoms with van der Waals surface area (Å²) in [6, 6.07) is 5.74. The van der Waals surface area contributed by atoms with Crippen molar-refractivity contribution in [2.45, 2.75) is 78.2 Å². The van der Waals surface area contributed by atoms with Crippen molar-refractivity contribution in [1.29, 1.82) is 0 Å². The predicted molar refractivity (Wildman–Crippen MR) is 88.5 cm³/mol. The second-order valence-electron chi connectivity index (χ2n) is 6.14. The Kier molecular flexibility index (Phi) is 6.09. The highest BCUT2D eigenvalue weighted by molar-refractivity contribution is 5.39. The SMILES string of the molecule is CCc1cc(CC)c(CCCCNC2CC2)c(CC)c1. The molecule has 112 valence electrons.